The Hall–Kier alpha value is -2.83. The zero-order valence-electron chi connectivity index (χ0n) is 13.1. The van der Waals surface area contributed by atoms with Crippen LogP contribution in [0, 0.1) is 0 Å². The summed E-state index contributed by atoms with van der Waals surface area (Å²) in [4.78, 5) is 26.7. The Morgan fingerprint density at radius 2 is 2.17 bits per heavy atom. The summed E-state index contributed by atoms with van der Waals surface area (Å²) in [6.45, 7) is 1.99. The Morgan fingerprint density at radius 1 is 1.39 bits per heavy atom. The maximum atomic E-state index is 12.8. The van der Waals surface area contributed by atoms with Crippen LogP contribution in [0.2, 0.25) is 0 Å². The van der Waals surface area contributed by atoms with Crippen LogP contribution >= 0.6 is 0 Å². The van der Waals surface area contributed by atoms with Crippen LogP contribution in [0.5, 0.6) is 0 Å². The quantitative estimate of drug-likeness (QED) is 0.914. The number of para-hydroxylation sites is 2. The van der Waals surface area contributed by atoms with Crippen molar-refractivity contribution in [1.82, 2.24) is 9.78 Å². The number of carbonyl (C=O) groups excluding carboxylic acids is 2. The highest BCUT2D eigenvalue weighted by Crippen LogP contribution is 2.33. The van der Waals surface area contributed by atoms with Crippen molar-refractivity contribution >= 4 is 29.0 Å². The summed E-state index contributed by atoms with van der Waals surface area (Å²) in [6, 6.07) is 6.45. The normalized spacial score (nSPS) is 16.7. The maximum Gasteiger partial charge on any atom is 0.327 e. The number of urea groups is 1. The molecule has 0 bridgehead atoms. The van der Waals surface area contributed by atoms with E-state index in [4.69, 9.17) is 0 Å². The Morgan fingerprint density at radius 3 is 2.87 bits per heavy atom. The van der Waals surface area contributed by atoms with Crippen LogP contribution in [-0.4, -0.2) is 27.8 Å². The summed E-state index contributed by atoms with van der Waals surface area (Å²) in [5.41, 5.74) is 1.94. The van der Waals surface area contributed by atoms with Gasteiger partial charge in [-0.1, -0.05) is 25.5 Å². The molecule has 0 radical (unpaired) electrons. The van der Waals surface area contributed by atoms with Crippen molar-refractivity contribution in [2.75, 3.05) is 15.5 Å². The molecule has 2 heterocycles. The van der Waals surface area contributed by atoms with Crippen molar-refractivity contribution in [1.29, 1.82) is 0 Å². The summed E-state index contributed by atoms with van der Waals surface area (Å²) >= 11 is 0. The van der Waals surface area contributed by atoms with Gasteiger partial charge in [0.25, 0.3) is 0 Å². The van der Waals surface area contributed by atoms with E-state index < -0.39 is 6.04 Å². The summed E-state index contributed by atoms with van der Waals surface area (Å²) in [7, 11) is 1.78. The average molecular weight is 313 g/mol. The molecule has 120 valence electrons. The Balaban J connectivity index is 1.94. The molecule has 0 spiro atoms. The highest BCUT2D eigenvalue weighted by Gasteiger charge is 2.36. The fraction of sp³-hybridized carbons (Fsp3) is 0.312. The molecule has 7 heteroatoms. The van der Waals surface area contributed by atoms with Crippen LogP contribution < -0.4 is 15.5 Å². The van der Waals surface area contributed by atoms with E-state index >= 15 is 0 Å². The van der Waals surface area contributed by atoms with Gasteiger partial charge in [-0.3, -0.25) is 14.4 Å². The minimum atomic E-state index is -0.522. The second kappa shape index (κ2) is 6.12. The van der Waals surface area contributed by atoms with Gasteiger partial charge in [-0.05, 0) is 18.6 Å². The molecule has 3 rings (SSSR count). The maximum absolute atomic E-state index is 12.8. The van der Waals surface area contributed by atoms with E-state index in [1.54, 1.807) is 30.2 Å². The Kier molecular flexibility index (Phi) is 4.01. The minimum Gasteiger partial charge on any atom is -0.322 e. The standard InChI is InChI=1S/C16H19N5O2/c1-3-6-14-15(22)19-12-7-4-5-8-13(12)21(14)16(23)18-11-9-17-20(2)10-11/h4-5,7-10,14H,3,6H2,1-2H3,(H,18,23)(H,19,22)/t14-/m0/s1. The van der Waals surface area contributed by atoms with Crippen LogP contribution in [-0.2, 0) is 11.8 Å². The van der Waals surface area contributed by atoms with Crippen LogP contribution in [0.15, 0.2) is 36.7 Å². The van der Waals surface area contributed by atoms with Crippen molar-refractivity contribution in [2.24, 2.45) is 7.05 Å². The van der Waals surface area contributed by atoms with E-state index in [0.29, 0.717) is 23.5 Å². The summed E-state index contributed by atoms with van der Waals surface area (Å²) in [6.07, 6.45) is 4.68. The average Bonchev–Trinajstić information content (AvgIpc) is 2.93. The van der Waals surface area contributed by atoms with Crippen LogP contribution in [0.4, 0.5) is 21.9 Å². The van der Waals surface area contributed by atoms with E-state index in [1.807, 2.05) is 25.1 Å². The summed E-state index contributed by atoms with van der Waals surface area (Å²) in [5, 5.41) is 9.71. The Labute approximate surface area is 134 Å². The molecule has 0 fully saturated rings. The first-order valence-corrected chi connectivity index (χ1v) is 7.59. The fourth-order valence-electron chi connectivity index (χ4n) is 2.74. The molecule has 1 aromatic heterocycles. The van der Waals surface area contributed by atoms with Crippen molar-refractivity contribution < 1.29 is 9.59 Å². The van der Waals surface area contributed by atoms with Gasteiger partial charge < -0.3 is 10.6 Å². The van der Waals surface area contributed by atoms with Gasteiger partial charge in [0.15, 0.2) is 0 Å². The molecule has 23 heavy (non-hydrogen) atoms. The number of rotatable bonds is 3. The van der Waals surface area contributed by atoms with E-state index in [1.165, 1.54) is 4.90 Å². The van der Waals surface area contributed by atoms with Gasteiger partial charge >= 0.3 is 6.03 Å². The number of fused-ring (bicyclic) bond motifs is 1. The fourth-order valence-corrected chi connectivity index (χ4v) is 2.74. The molecule has 2 N–H and O–H groups in total. The summed E-state index contributed by atoms with van der Waals surface area (Å²) in [5.74, 6) is -0.160. The number of aryl methyl sites for hydroxylation is 1. The third-order valence-electron chi connectivity index (χ3n) is 3.77. The number of nitrogens with one attached hydrogen (secondary N) is 2. The molecule has 0 aliphatic carbocycles. The predicted molar refractivity (Wildman–Crippen MR) is 88.5 cm³/mol. The van der Waals surface area contributed by atoms with Gasteiger partial charge in [0.2, 0.25) is 5.91 Å². The van der Waals surface area contributed by atoms with Gasteiger partial charge in [0.1, 0.15) is 6.04 Å². The zero-order chi connectivity index (χ0) is 16.4. The number of carbonyl (C=O) groups is 2. The number of aromatic nitrogens is 2. The Bertz CT molecular complexity index is 740. The van der Waals surface area contributed by atoms with Crippen molar-refractivity contribution in [3.8, 4) is 0 Å². The third kappa shape index (κ3) is 2.90. The van der Waals surface area contributed by atoms with Gasteiger partial charge in [0.05, 0.1) is 23.3 Å². The highest BCUT2D eigenvalue weighted by atomic mass is 16.2. The molecule has 1 aliphatic rings. The molecule has 1 atom stereocenters. The van der Waals surface area contributed by atoms with Crippen LogP contribution in [0.25, 0.3) is 0 Å². The molecule has 1 aliphatic heterocycles. The number of hydrogen-bond acceptors (Lipinski definition) is 3. The second-order valence-corrected chi connectivity index (χ2v) is 5.51. The van der Waals surface area contributed by atoms with E-state index in [2.05, 4.69) is 15.7 Å². The lowest BCUT2D eigenvalue weighted by atomic mass is 10.0. The number of amides is 3. The minimum absolute atomic E-state index is 0.160. The monoisotopic (exact) mass is 313 g/mol. The topological polar surface area (TPSA) is 79.3 Å². The zero-order valence-corrected chi connectivity index (χ0v) is 13.1. The molecular formula is C16H19N5O2. The SMILES string of the molecule is CCC[C@H]1C(=O)Nc2ccccc2N1C(=O)Nc1cnn(C)c1. The van der Waals surface area contributed by atoms with E-state index in [0.717, 1.165) is 6.42 Å². The molecule has 2 aromatic rings. The number of hydrogen-bond donors (Lipinski definition) is 2. The van der Waals surface area contributed by atoms with Gasteiger partial charge in [-0.2, -0.15) is 5.10 Å². The first kappa shape index (κ1) is 15.1. The lowest BCUT2D eigenvalue weighted by Gasteiger charge is -2.36. The van der Waals surface area contributed by atoms with Gasteiger partial charge in [-0.15, -0.1) is 0 Å². The third-order valence-corrected chi connectivity index (χ3v) is 3.77. The van der Waals surface area contributed by atoms with Crippen molar-refractivity contribution in [3.63, 3.8) is 0 Å². The highest BCUT2D eigenvalue weighted by molar-refractivity contribution is 6.14. The van der Waals surface area contributed by atoms with Gasteiger partial charge in [0, 0.05) is 13.2 Å². The lowest BCUT2D eigenvalue weighted by molar-refractivity contribution is -0.117. The van der Waals surface area contributed by atoms with Crippen molar-refractivity contribution in [2.45, 2.75) is 25.8 Å². The molecule has 3 amide bonds. The molecule has 7 nitrogen and oxygen atoms in total. The predicted octanol–water partition coefficient (Wildman–Crippen LogP) is 2.58. The van der Waals surface area contributed by atoms with E-state index in [-0.39, 0.29) is 11.9 Å². The second-order valence-electron chi connectivity index (χ2n) is 5.51. The molecular weight excluding hydrogens is 294 g/mol. The molecule has 1 aromatic carbocycles. The van der Waals surface area contributed by atoms with E-state index in [9.17, 15) is 9.59 Å². The van der Waals surface area contributed by atoms with Crippen LogP contribution in [0.1, 0.15) is 19.8 Å². The van der Waals surface area contributed by atoms with Crippen LogP contribution in [0.3, 0.4) is 0 Å². The molecule has 0 saturated carbocycles. The van der Waals surface area contributed by atoms with Gasteiger partial charge in [-0.25, -0.2) is 4.79 Å². The van der Waals surface area contributed by atoms with Crippen molar-refractivity contribution in [3.05, 3.63) is 36.7 Å². The lowest BCUT2D eigenvalue weighted by Crippen LogP contribution is -2.52. The number of benzene rings is 1. The molecule has 0 unspecified atom stereocenters. The first-order chi connectivity index (χ1) is 11.1. The number of anilines is 3. The number of nitrogens with zero attached hydrogens (tertiary/aromatic N) is 3. The summed E-state index contributed by atoms with van der Waals surface area (Å²) < 4.78 is 1.61. The molecule has 0 saturated heterocycles. The first-order valence-electron chi connectivity index (χ1n) is 7.59. The largest absolute Gasteiger partial charge is 0.327 e. The smallest absolute Gasteiger partial charge is 0.322 e.